The van der Waals surface area contributed by atoms with Crippen molar-refractivity contribution in [2.24, 2.45) is 0 Å². The van der Waals surface area contributed by atoms with Crippen LogP contribution in [0.3, 0.4) is 0 Å². The molecule has 0 aromatic carbocycles. The number of aromatic nitrogens is 4. The first kappa shape index (κ1) is 21.8. The molecule has 3 aromatic heterocycles. The topological polar surface area (TPSA) is 118 Å². The van der Waals surface area contributed by atoms with E-state index in [4.69, 9.17) is 10.7 Å². The van der Waals surface area contributed by atoms with E-state index in [1.54, 1.807) is 0 Å². The quantitative estimate of drug-likeness (QED) is 0.512. The molecule has 3 atom stereocenters. The van der Waals surface area contributed by atoms with Gasteiger partial charge in [0.15, 0.2) is 17.5 Å². The average molecular weight is 460 g/mol. The van der Waals surface area contributed by atoms with Crippen LogP contribution in [0.2, 0.25) is 0 Å². The third kappa shape index (κ3) is 3.74. The summed E-state index contributed by atoms with van der Waals surface area (Å²) in [4.78, 5) is 21.1. The van der Waals surface area contributed by atoms with E-state index in [1.807, 2.05) is 0 Å². The summed E-state index contributed by atoms with van der Waals surface area (Å²) in [5.74, 6) is 0.0730. The molecule has 3 unspecified atom stereocenters. The molecule has 2 aliphatic rings. The van der Waals surface area contributed by atoms with E-state index in [-0.39, 0.29) is 17.5 Å². The van der Waals surface area contributed by atoms with Crippen LogP contribution in [0.25, 0.3) is 16.8 Å². The van der Waals surface area contributed by atoms with E-state index in [0.717, 1.165) is 31.7 Å². The average Bonchev–Trinajstić information content (AvgIpc) is 3.35. The summed E-state index contributed by atoms with van der Waals surface area (Å²) in [6.45, 7) is 1.46. The van der Waals surface area contributed by atoms with Gasteiger partial charge in [0.05, 0.1) is 23.1 Å². The maximum Gasteiger partial charge on any atom is 0.420 e. The number of piperidine rings is 1. The number of anilines is 1. The molecule has 11 heteroatoms. The van der Waals surface area contributed by atoms with E-state index >= 15 is 0 Å². The second-order valence-corrected chi connectivity index (χ2v) is 8.83. The number of hydrogen-bond acceptors (Lipinski definition) is 7. The molecule has 0 aliphatic carbocycles. The van der Waals surface area contributed by atoms with Crippen molar-refractivity contribution in [3.8, 4) is 11.1 Å². The first-order chi connectivity index (χ1) is 15.6. The normalized spacial score (nSPS) is 23.7. The number of Topliss-reactive ketones (excluding diaryl/α,β-unsaturated/α-hetero) is 1. The van der Waals surface area contributed by atoms with Crippen LogP contribution < -0.4 is 11.1 Å². The first-order valence-electron chi connectivity index (χ1n) is 10.8. The minimum Gasteiger partial charge on any atom is -0.383 e. The molecule has 5 rings (SSSR count). The lowest BCUT2D eigenvalue weighted by molar-refractivity contribution is -0.207. The lowest BCUT2D eigenvalue weighted by atomic mass is 9.86. The van der Waals surface area contributed by atoms with Crippen molar-refractivity contribution in [2.45, 2.75) is 62.9 Å². The van der Waals surface area contributed by atoms with Gasteiger partial charge >= 0.3 is 6.18 Å². The molecule has 8 nitrogen and oxygen atoms in total. The summed E-state index contributed by atoms with van der Waals surface area (Å²) < 4.78 is 39.7. The fourth-order valence-corrected chi connectivity index (χ4v) is 5.07. The molecule has 0 saturated carbocycles. The van der Waals surface area contributed by atoms with Gasteiger partial charge in [-0.05, 0) is 38.7 Å². The second-order valence-electron chi connectivity index (χ2n) is 8.83. The van der Waals surface area contributed by atoms with Gasteiger partial charge in [0, 0.05) is 35.3 Å². The maximum atomic E-state index is 12.8. The Morgan fingerprint density at radius 3 is 2.52 bits per heavy atom. The van der Waals surface area contributed by atoms with Crippen LogP contribution in [0.4, 0.5) is 19.0 Å². The van der Waals surface area contributed by atoms with E-state index in [9.17, 15) is 23.1 Å². The molecule has 4 N–H and O–H groups in total. The number of alkyl halides is 3. The van der Waals surface area contributed by atoms with Crippen LogP contribution in [0.5, 0.6) is 0 Å². The Morgan fingerprint density at radius 1 is 1.24 bits per heavy atom. The summed E-state index contributed by atoms with van der Waals surface area (Å²) >= 11 is 0. The molecule has 2 aliphatic heterocycles. The fourth-order valence-electron chi connectivity index (χ4n) is 5.07. The predicted molar refractivity (Wildman–Crippen MR) is 114 cm³/mol. The minimum absolute atomic E-state index is 0.0696. The number of nitrogen functional groups attached to an aromatic ring is 1. The van der Waals surface area contributed by atoms with Gasteiger partial charge in [-0.25, -0.2) is 4.98 Å². The number of fused-ring (bicyclic) bond motifs is 3. The molecule has 33 heavy (non-hydrogen) atoms. The number of carbonyl (C=O) groups is 1. The minimum atomic E-state index is -4.80. The Hall–Kier alpha value is -3.05. The molecule has 0 radical (unpaired) electrons. The number of aliphatic hydroxyl groups excluding tert-OH is 1. The van der Waals surface area contributed by atoms with Gasteiger partial charge < -0.3 is 16.2 Å². The van der Waals surface area contributed by atoms with Crippen LogP contribution in [0.1, 0.15) is 66.4 Å². The molecular weight excluding hydrogens is 437 g/mol. The Bertz CT molecular complexity index is 1210. The standard InChI is InChI=1S/C22H23F3N6O2/c1-10(32)17-18(12-6-13-3-4-14(7-12)29-13)30-21-15(9-28-31(21)20(17)26)11-2-5-16(27-8-11)19(33)22(23,24)25/h2,5,8-9,12-14,19,29,33H,3-4,6-7,26H2,1H3. The van der Waals surface area contributed by atoms with E-state index in [2.05, 4.69) is 15.4 Å². The zero-order valence-corrected chi connectivity index (χ0v) is 17.8. The number of carbonyl (C=O) groups excluding carboxylic acids is 1. The SMILES string of the molecule is CC(=O)c1c(C2CC3CCC(C2)N3)nc2c(-c3ccc(C(O)C(F)(F)F)nc3)cnn2c1N. The number of rotatable bonds is 4. The van der Waals surface area contributed by atoms with E-state index in [0.29, 0.717) is 40.1 Å². The Labute approximate surface area is 187 Å². The van der Waals surface area contributed by atoms with Gasteiger partial charge in [0.1, 0.15) is 5.82 Å². The van der Waals surface area contributed by atoms with Crippen molar-refractivity contribution >= 4 is 17.2 Å². The maximum absolute atomic E-state index is 12.8. The first-order valence-corrected chi connectivity index (χ1v) is 10.8. The summed E-state index contributed by atoms with van der Waals surface area (Å²) in [6, 6.07) is 3.31. The number of halogens is 3. The van der Waals surface area contributed by atoms with Gasteiger partial charge in [0.25, 0.3) is 0 Å². The van der Waals surface area contributed by atoms with Gasteiger partial charge in [-0.1, -0.05) is 6.07 Å². The van der Waals surface area contributed by atoms with Gasteiger partial charge in [-0.3, -0.25) is 9.78 Å². The fraction of sp³-hybridized carbons (Fsp3) is 0.455. The van der Waals surface area contributed by atoms with Gasteiger partial charge in [-0.15, -0.1) is 0 Å². The third-order valence-electron chi connectivity index (χ3n) is 6.61. The summed E-state index contributed by atoms with van der Waals surface area (Å²) in [6.07, 6.45) is -0.839. The van der Waals surface area contributed by atoms with Crippen molar-refractivity contribution in [3.63, 3.8) is 0 Å². The van der Waals surface area contributed by atoms with Crippen molar-refractivity contribution in [2.75, 3.05) is 5.73 Å². The number of nitrogens with two attached hydrogens (primary N) is 1. The number of hydrogen-bond donors (Lipinski definition) is 3. The third-order valence-corrected chi connectivity index (χ3v) is 6.61. The smallest absolute Gasteiger partial charge is 0.383 e. The highest BCUT2D eigenvalue weighted by molar-refractivity contribution is 6.00. The lowest BCUT2D eigenvalue weighted by Gasteiger charge is -2.30. The molecule has 2 saturated heterocycles. The molecule has 5 heterocycles. The molecule has 174 valence electrons. The van der Waals surface area contributed by atoms with Gasteiger partial charge in [-0.2, -0.15) is 22.8 Å². The van der Waals surface area contributed by atoms with Crippen LogP contribution in [-0.2, 0) is 0 Å². The van der Waals surface area contributed by atoms with Crippen molar-refractivity contribution in [3.05, 3.63) is 41.5 Å². The van der Waals surface area contributed by atoms with Crippen LogP contribution in [-0.4, -0.2) is 48.7 Å². The Balaban J connectivity index is 1.59. The highest BCUT2D eigenvalue weighted by Gasteiger charge is 2.40. The highest BCUT2D eigenvalue weighted by atomic mass is 19.4. The van der Waals surface area contributed by atoms with Crippen LogP contribution >= 0.6 is 0 Å². The van der Waals surface area contributed by atoms with Crippen LogP contribution in [0.15, 0.2) is 24.5 Å². The van der Waals surface area contributed by atoms with Gasteiger partial charge in [0.2, 0.25) is 0 Å². The molecule has 0 amide bonds. The predicted octanol–water partition coefficient (Wildman–Crippen LogP) is 3.17. The molecule has 2 bridgehead atoms. The molecule has 2 fully saturated rings. The number of aliphatic hydroxyl groups is 1. The molecular formula is C22H23F3N6O2. The Kier molecular flexibility index (Phi) is 5.13. The van der Waals surface area contributed by atoms with Crippen molar-refractivity contribution < 1.29 is 23.1 Å². The summed E-state index contributed by atoms with van der Waals surface area (Å²) in [7, 11) is 0. The lowest BCUT2D eigenvalue weighted by Crippen LogP contribution is -2.38. The zero-order chi connectivity index (χ0) is 23.5. The number of nitrogens with one attached hydrogen (secondary N) is 1. The van der Waals surface area contributed by atoms with Crippen LogP contribution in [0, 0.1) is 0 Å². The number of nitrogens with zero attached hydrogens (tertiary/aromatic N) is 4. The van der Waals surface area contributed by atoms with E-state index < -0.39 is 18.0 Å². The number of ketones is 1. The second kappa shape index (κ2) is 7.77. The summed E-state index contributed by atoms with van der Waals surface area (Å²) in [5, 5.41) is 17.3. The monoisotopic (exact) mass is 460 g/mol. The molecule has 0 spiro atoms. The van der Waals surface area contributed by atoms with E-state index in [1.165, 1.54) is 29.9 Å². The van der Waals surface area contributed by atoms with Crippen molar-refractivity contribution in [1.82, 2.24) is 24.9 Å². The largest absolute Gasteiger partial charge is 0.420 e. The summed E-state index contributed by atoms with van der Waals surface area (Å²) in [5.41, 5.74) is 8.28. The molecule has 3 aromatic rings. The zero-order valence-electron chi connectivity index (χ0n) is 17.8. The Morgan fingerprint density at radius 2 is 1.94 bits per heavy atom. The van der Waals surface area contributed by atoms with Crippen molar-refractivity contribution in [1.29, 1.82) is 0 Å². The highest BCUT2D eigenvalue weighted by Crippen LogP contribution is 2.40. The number of pyridine rings is 1.